The van der Waals surface area contributed by atoms with Crippen LogP contribution in [0.3, 0.4) is 0 Å². The lowest BCUT2D eigenvalue weighted by molar-refractivity contribution is -0.120. The molecule has 1 rings (SSSR count). The third kappa shape index (κ3) is 1.96. The van der Waals surface area contributed by atoms with Gasteiger partial charge < -0.3 is 10.7 Å². The predicted molar refractivity (Wildman–Crippen MR) is 48.1 cm³/mol. The maximum atomic E-state index is 11.6. The highest BCUT2D eigenvalue weighted by Crippen LogP contribution is 2.11. The van der Waals surface area contributed by atoms with Gasteiger partial charge in [-0.05, 0) is 12.5 Å². The van der Waals surface area contributed by atoms with Crippen LogP contribution in [0.5, 0.6) is 0 Å². The number of H-pyrrole nitrogens is 1. The Balaban J connectivity index is 2.83. The molecule has 0 aliphatic rings. The van der Waals surface area contributed by atoms with E-state index in [0.717, 1.165) is 0 Å². The van der Waals surface area contributed by atoms with Gasteiger partial charge in [-0.15, -0.1) is 0 Å². The largest absolute Gasteiger partial charge is 0.369 e. The zero-order valence-electron chi connectivity index (χ0n) is 7.41. The Morgan fingerprint density at radius 2 is 2.31 bits per heavy atom. The van der Waals surface area contributed by atoms with E-state index in [0.29, 0.717) is 12.0 Å². The number of ketones is 1. The standard InChI is InChI=1S/C9H12N2O2/c1-2-7(9(10)13)8(12)6-3-4-11-5-6/h3-5,7,11H,2H2,1H3,(H2,10,13). The molecule has 0 aliphatic carbocycles. The summed E-state index contributed by atoms with van der Waals surface area (Å²) in [5.41, 5.74) is 5.59. The van der Waals surface area contributed by atoms with E-state index in [2.05, 4.69) is 4.98 Å². The van der Waals surface area contributed by atoms with Crippen molar-refractivity contribution in [3.63, 3.8) is 0 Å². The van der Waals surface area contributed by atoms with Crippen LogP contribution in [0, 0.1) is 5.92 Å². The molecule has 0 aliphatic heterocycles. The van der Waals surface area contributed by atoms with Crippen molar-refractivity contribution in [2.45, 2.75) is 13.3 Å². The molecule has 0 saturated carbocycles. The zero-order chi connectivity index (χ0) is 9.84. The highest BCUT2D eigenvalue weighted by atomic mass is 16.2. The van der Waals surface area contributed by atoms with Crippen LogP contribution >= 0.6 is 0 Å². The summed E-state index contributed by atoms with van der Waals surface area (Å²) in [5, 5.41) is 0. The molecular formula is C9H12N2O2. The van der Waals surface area contributed by atoms with Gasteiger partial charge in [0.1, 0.15) is 5.92 Å². The summed E-state index contributed by atoms with van der Waals surface area (Å²) in [4.78, 5) is 25.2. The first kappa shape index (κ1) is 9.51. The molecule has 0 spiro atoms. The van der Waals surface area contributed by atoms with Crippen LogP contribution in [0.2, 0.25) is 0 Å². The monoisotopic (exact) mass is 180 g/mol. The number of aromatic nitrogens is 1. The van der Waals surface area contributed by atoms with E-state index < -0.39 is 11.8 Å². The normalized spacial score (nSPS) is 12.4. The summed E-state index contributed by atoms with van der Waals surface area (Å²) in [7, 11) is 0. The van der Waals surface area contributed by atoms with Crippen LogP contribution in [0.15, 0.2) is 18.5 Å². The number of Topliss-reactive ketones (excluding diaryl/α,β-unsaturated/α-hetero) is 1. The number of amides is 1. The molecule has 3 N–H and O–H groups in total. The van der Waals surface area contributed by atoms with Crippen molar-refractivity contribution in [3.05, 3.63) is 24.0 Å². The summed E-state index contributed by atoms with van der Waals surface area (Å²) >= 11 is 0. The van der Waals surface area contributed by atoms with E-state index in [1.165, 1.54) is 0 Å². The summed E-state index contributed by atoms with van der Waals surface area (Å²) in [5.74, 6) is -1.47. The number of rotatable bonds is 4. The molecule has 1 aromatic rings. The number of primary amides is 1. The highest BCUT2D eigenvalue weighted by Gasteiger charge is 2.23. The first-order chi connectivity index (χ1) is 6.16. The molecule has 0 aromatic carbocycles. The topological polar surface area (TPSA) is 76.0 Å². The molecule has 0 saturated heterocycles. The minimum absolute atomic E-state index is 0.212. The molecule has 13 heavy (non-hydrogen) atoms. The van der Waals surface area contributed by atoms with Gasteiger partial charge in [-0.25, -0.2) is 0 Å². The first-order valence-corrected chi connectivity index (χ1v) is 4.13. The SMILES string of the molecule is CCC(C(N)=O)C(=O)c1cc[nH]c1. The van der Waals surface area contributed by atoms with Crippen LogP contribution in [-0.2, 0) is 4.79 Å². The second-order valence-electron chi connectivity index (χ2n) is 2.83. The molecule has 4 heteroatoms. The average molecular weight is 180 g/mol. The maximum absolute atomic E-state index is 11.6. The van der Waals surface area contributed by atoms with Gasteiger partial charge >= 0.3 is 0 Å². The van der Waals surface area contributed by atoms with E-state index in [9.17, 15) is 9.59 Å². The third-order valence-electron chi connectivity index (χ3n) is 1.95. The minimum atomic E-state index is -0.698. The molecule has 1 aromatic heterocycles. The third-order valence-corrected chi connectivity index (χ3v) is 1.95. The number of hydrogen-bond donors (Lipinski definition) is 2. The molecule has 1 amide bonds. The zero-order valence-corrected chi connectivity index (χ0v) is 7.41. The van der Waals surface area contributed by atoms with Crippen LogP contribution in [-0.4, -0.2) is 16.7 Å². The van der Waals surface area contributed by atoms with Gasteiger partial charge in [-0.1, -0.05) is 6.92 Å². The van der Waals surface area contributed by atoms with E-state index in [1.54, 1.807) is 25.4 Å². The number of aromatic amines is 1. The molecule has 0 radical (unpaired) electrons. The van der Waals surface area contributed by atoms with Gasteiger partial charge in [0.2, 0.25) is 5.91 Å². The molecule has 0 bridgehead atoms. The smallest absolute Gasteiger partial charge is 0.228 e. The van der Waals surface area contributed by atoms with Gasteiger partial charge in [-0.2, -0.15) is 0 Å². The quantitative estimate of drug-likeness (QED) is 0.528. The molecule has 1 atom stereocenters. The number of carbonyl (C=O) groups is 2. The average Bonchev–Trinajstić information content (AvgIpc) is 2.56. The van der Waals surface area contributed by atoms with Crippen LogP contribution in [0.25, 0.3) is 0 Å². The van der Waals surface area contributed by atoms with Gasteiger partial charge in [-0.3, -0.25) is 9.59 Å². The van der Waals surface area contributed by atoms with Gasteiger partial charge in [0, 0.05) is 18.0 Å². The number of nitrogens with one attached hydrogen (secondary N) is 1. The molecule has 70 valence electrons. The van der Waals surface area contributed by atoms with Gasteiger partial charge in [0.05, 0.1) is 0 Å². The van der Waals surface area contributed by atoms with Crippen LogP contribution in [0.4, 0.5) is 0 Å². The molecular weight excluding hydrogens is 168 g/mol. The van der Waals surface area contributed by atoms with Crippen molar-refractivity contribution >= 4 is 11.7 Å². The number of carbonyl (C=O) groups excluding carboxylic acids is 2. The Hall–Kier alpha value is -1.58. The first-order valence-electron chi connectivity index (χ1n) is 4.13. The number of hydrogen-bond acceptors (Lipinski definition) is 2. The molecule has 0 fully saturated rings. The minimum Gasteiger partial charge on any atom is -0.369 e. The Labute approximate surface area is 76.1 Å². The van der Waals surface area contributed by atoms with Crippen molar-refractivity contribution in [1.82, 2.24) is 4.98 Å². The Kier molecular flexibility index (Phi) is 2.84. The highest BCUT2D eigenvalue weighted by molar-refractivity contribution is 6.09. The van der Waals surface area contributed by atoms with E-state index >= 15 is 0 Å². The molecule has 1 unspecified atom stereocenters. The molecule has 1 heterocycles. The van der Waals surface area contributed by atoms with Gasteiger partial charge in [0.25, 0.3) is 0 Å². The van der Waals surface area contributed by atoms with Crippen molar-refractivity contribution in [1.29, 1.82) is 0 Å². The Morgan fingerprint density at radius 1 is 1.62 bits per heavy atom. The summed E-state index contributed by atoms with van der Waals surface area (Å²) in [6.45, 7) is 1.76. The van der Waals surface area contributed by atoms with Crippen LogP contribution < -0.4 is 5.73 Å². The second kappa shape index (κ2) is 3.89. The number of nitrogens with two attached hydrogens (primary N) is 1. The predicted octanol–water partition coefficient (Wildman–Crippen LogP) is 0.709. The fourth-order valence-electron chi connectivity index (χ4n) is 1.19. The summed E-state index contributed by atoms with van der Waals surface area (Å²) < 4.78 is 0. The Bertz CT molecular complexity index is 303. The second-order valence-corrected chi connectivity index (χ2v) is 2.83. The van der Waals surface area contributed by atoms with Crippen molar-refractivity contribution in [3.8, 4) is 0 Å². The van der Waals surface area contributed by atoms with Crippen LogP contribution in [0.1, 0.15) is 23.7 Å². The maximum Gasteiger partial charge on any atom is 0.228 e. The Morgan fingerprint density at radius 3 is 2.69 bits per heavy atom. The van der Waals surface area contributed by atoms with E-state index in [4.69, 9.17) is 5.73 Å². The molecule has 4 nitrogen and oxygen atoms in total. The van der Waals surface area contributed by atoms with E-state index in [-0.39, 0.29) is 5.78 Å². The van der Waals surface area contributed by atoms with E-state index in [1.807, 2.05) is 0 Å². The van der Waals surface area contributed by atoms with Gasteiger partial charge in [0.15, 0.2) is 5.78 Å². The lowest BCUT2D eigenvalue weighted by Crippen LogP contribution is -2.29. The summed E-state index contributed by atoms with van der Waals surface area (Å²) in [6.07, 6.45) is 3.65. The summed E-state index contributed by atoms with van der Waals surface area (Å²) in [6, 6.07) is 1.63. The van der Waals surface area contributed by atoms with Crippen molar-refractivity contribution < 1.29 is 9.59 Å². The lowest BCUT2D eigenvalue weighted by atomic mass is 9.96. The van der Waals surface area contributed by atoms with Crippen molar-refractivity contribution in [2.24, 2.45) is 11.7 Å². The fraction of sp³-hybridized carbons (Fsp3) is 0.333. The fourth-order valence-corrected chi connectivity index (χ4v) is 1.19. The lowest BCUT2D eigenvalue weighted by Gasteiger charge is -2.07. The van der Waals surface area contributed by atoms with Crippen molar-refractivity contribution in [2.75, 3.05) is 0 Å².